The van der Waals surface area contributed by atoms with E-state index in [0.717, 1.165) is 6.07 Å². The molecule has 0 saturated carbocycles. The van der Waals surface area contributed by atoms with Gasteiger partial charge in [-0.3, -0.25) is 0 Å². The fourth-order valence-corrected chi connectivity index (χ4v) is 8.39. The topological polar surface area (TPSA) is 119 Å². The molecule has 13 heteroatoms. The van der Waals surface area contributed by atoms with Crippen molar-refractivity contribution in [3.8, 4) is 5.75 Å². The van der Waals surface area contributed by atoms with Gasteiger partial charge in [-0.15, -0.1) is 0 Å². The van der Waals surface area contributed by atoms with Crippen molar-refractivity contribution in [3.63, 3.8) is 0 Å². The van der Waals surface area contributed by atoms with E-state index >= 15 is 0 Å². The van der Waals surface area contributed by atoms with Crippen molar-refractivity contribution in [3.05, 3.63) is 59.4 Å². The Bertz CT molecular complexity index is 1330. The summed E-state index contributed by atoms with van der Waals surface area (Å²) >= 11 is 0. The van der Waals surface area contributed by atoms with Crippen LogP contribution in [0.25, 0.3) is 0 Å². The van der Waals surface area contributed by atoms with Gasteiger partial charge in [0.05, 0.1) is 17.8 Å². The van der Waals surface area contributed by atoms with Crippen molar-refractivity contribution in [1.82, 2.24) is 9.03 Å². The van der Waals surface area contributed by atoms with Crippen LogP contribution in [0.15, 0.2) is 41.3 Å². The molecule has 204 valence electrons. The van der Waals surface area contributed by atoms with Crippen molar-refractivity contribution in [1.29, 1.82) is 0 Å². The Hall–Kier alpha value is -2.19. The molecule has 37 heavy (non-hydrogen) atoms. The van der Waals surface area contributed by atoms with E-state index in [2.05, 4.69) is 4.72 Å². The lowest BCUT2D eigenvalue weighted by Gasteiger charge is -2.40. The Morgan fingerprint density at radius 3 is 2.19 bits per heavy atom. The van der Waals surface area contributed by atoms with E-state index in [-0.39, 0.29) is 41.4 Å². The maximum Gasteiger partial charge on any atom is 0.240 e. The van der Waals surface area contributed by atoms with Gasteiger partial charge in [0.1, 0.15) is 11.6 Å². The van der Waals surface area contributed by atoms with Crippen LogP contribution < -0.4 is 15.2 Å². The number of nitrogens with two attached hydrogens (primary N) is 1. The lowest BCUT2D eigenvalue weighted by atomic mass is 9.83. The van der Waals surface area contributed by atoms with E-state index in [1.807, 2.05) is 0 Å². The highest BCUT2D eigenvalue weighted by atomic mass is 32.2. The standard InChI is InChI=1S/C24H30F3N3O5S2/c1-35-19-4-6-20(7-5-19)37(33,34)29-8-9-36(31,32)30-17-2-3-18(30)11-16(10-17)24(28)13-15-12-22(26)23(27)14-21(15)25/h4-7,12,14,16-18,24,29H,2-3,8-11,13,28H2,1H3/t16?,17?,18?,24-/m1/s1. The molecule has 2 aliphatic rings. The number of hydrogen-bond acceptors (Lipinski definition) is 6. The lowest BCUT2D eigenvalue weighted by Crippen LogP contribution is -2.51. The van der Waals surface area contributed by atoms with Crippen molar-refractivity contribution in [2.24, 2.45) is 11.7 Å². The van der Waals surface area contributed by atoms with E-state index in [1.54, 1.807) is 0 Å². The van der Waals surface area contributed by atoms with Gasteiger partial charge in [-0.2, -0.15) is 4.31 Å². The second-order valence-corrected chi connectivity index (χ2v) is 13.3. The number of ether oxygens (including phenoxy) is 1. The second kappa shape index (κ2) is 10.9. The molecule has 0 spiro atoms. The highest BCUT2D eigenvalue weighted by Gasteiger charge is 2.47. The van der Waals surface area contributed by atoms with E-state index in [1.165, 1.54) is 35.7 Å². The highest BCUT2D eigenvalue weighted by molar-refractivity contribution is 7.90. The zero-order chi connectivity index (χ0) is 27.0. The molecule has 3 N–H and O–H groups in total. The molecule has 2 fully saturated rings. The molecule has 2 unspecified atom stereocenters. The molecule has 2 aliphatic heterocycles. The first-order valence-electron chi connectivity index (χ1n) is 11.9. The average Bonchev–Trinajstić information content (AvgIpc) is 3.13. The fraction of sp³-hybridized carbons (Fsp3) is 0.500. The van der Waals surface area contributed by atoms with Gasteiger partial charge in [-0.1, -0.05) is 0 Å². The largest absolute Gasteiger partial charge is 0.497 e. The predicted molar refractivity (Wildman–Crippen MR) is 131 cm³/mol. The van der Waals surface area contributed by atoms with Crippen molar-refractivity contribution >= 4 is 20.0 Å². The summed E-state index contributed by atoms with van der Waals surface area (Å²) in [6.45, 7) is -0.287. The third kappa shape index (κ3) is 6.11. The number of sulfonamides is 2. The average molecular weight is 562 g/mol. The molecule has 0 aliphatic carbocycles. The Labute approximate surface area is 215 Å². The summed E-state index contributed by atoms with van der Waals surface area (Å²) in [5.41, 5.74) is 6.29. The first kappa shape index (κ1) is 27.8. The third-order valence-corrected chi connectivity index (χ3v) is 10.6. The molecular formula is C24H30F3N3O5S2. The van der Waals surface area contributed by atoms with E-state index in [0.29, 0.717) is 37.5 Å². The summed E-state index contributed by atoms with van der Waals surface area (Å²) < 4.78 is 101. The van der Waals surface area contributed by atoms with Crippen LogP contribution in [0, 0.1) is 23.4 Å². The Morgan fingerprint density at radius 1 is 1.00 bits per heavy atom. The monoisotopic (exact) mass is 561 g/mol. The van der Waals surface area contributed by atoms with Gasteiger partial charge in [0.25, 0.3) is 0 Å². The zero-order valence-electron chi connectivity index (χ0n) is 20.2. The van der Waals surface area contributed by atoms with Crippen LogP contribution in [0.3, 0.4) is 0 Å². The van der Waals surface area contributed by atoms with Gasteiger partial charge >= 0.3 is 0 Å². The smallest absolute Gasteiger partial charge is 0.240 e. The maximum atomic E-state index is 14.1. The van der Waals surface area contributed by atoms with Gasteiger partial charge < -0.3 is 10.5 Å². The third-order valence-electron chi connectivity index (χ3n) is 7.20. The van der Waals surface area contributed by atoms with E-state index in [9.17, 15) is 30.0 Å². The molecule has 0 radical (unpaired) electrons. The number of fused-ring (bicyclic) bond motifs is 2. The second-order valence-electron chi connectivity index (χ2n) is 9.56. The summed E-state index contributed by atoms with van der Waals surface area (Å²) in [5.74, 6) is -3.30. The molecule has 0 aromatic heterocycles. The van der Waals surface area contributed by atoms with Crippen LogP contribution in [-0.2, 0) is 26.5 Å². The Balaban J connectivity index is 1.36. The first-order valence-corrected chi connectivity index (χ1v) is 15.0. The predicted octanol–water partition coefficient (Wildman–Crippen LogP) is 2.53. The van der Waals surface area contributed by atoms with Crippen LogP contribution in [0.4, 0.5) is 13.2 Å². The summed E-state index contributed by atoms with van der Waals surface area (Å²) in [4.78, 5) is -0.00181. The van der Waals surface area contributed by atoms with Crippen LogP contribution >= 0.6 is 0 Å². The zero-order valence-corrected chi connectivity index (χ0v) is 21.9. The number of rotatable bonds is 10. The molecule has 0 amide bonds. The molecule has 2 aromatic rings. The minimum absolute atomic E-state index is 0.00181. The fourth-order valence-electron chi connectivity index (χ4n) is 5.37. The minimum atomic E-state index is -3.89. The molecule has 4 rings (SSSR count). The number of methoxy groups -OCH3 is 1. The van der Waals surface area contributed by atoms with Gasteiger partial charge in [0.2, 0.25) is 20.0 Å². The number of nitrogens with one attached hydrogen (secondary N) is 1. The number of piperidine rings is 1. The quantitative estimate of drug-likeness (QED) is 0.431. The Morgan fingerprint density at radius 2 is 1.59 bits per heavy atom. The van der Waals surface area contributed by atoms with Crippen molar-refractivity contribution in [2.45, 2.75) is 55.1 Å². The van der Waals surface area contributed by atoms with E-state index < -0.39 is 49.3 Å². The summed E-state index contributed by atoms with van der Waals surface area (Å²) in [7, 11) is -6.20. The summed E-state index contributed by atoms with van der Waals surface area (Å²) in [6.07, 6.45) is 2.21. The SMILES string of the molecule is COc1ccc(S(=O)(=O)NCCS(=O)(=O)N2C3CCC2CC([C@H](N)Cc2cc(F)c(F)cc2F)C3)cc1. The molecule has 2 heterocycles. The van der Waals surface area contributed by atoms with Crippen LogP contribution in [0.2, 0.25) is 0 Å². The molecule has 8 nitrogen and oxygen atoms in total. The number of nitrogens with zero attached hydrogens (tertiary/aromatic N) is 1. The maximum absolute atomic E-state index is 14.1. The molecule has 2 saturated heterocycles. The highest BCUT2D eigenvalue weighted by Crippen LogP contribution is 2.42. The molecule has 2 aromatic carbocycles. The lowest BCUT2D eigenvalue weighted by molar-refractivity contribution is 0.170. The molecule has 3 atom stereocenters. The van der Waals surface area contributed by atoms with Crippen molar-refractivity contribution < 1.29 is 34.7 Å². The van der Waals surface area contributed by atoms with Crippen LogP contribution in [0.5, 0.6) is 5.75 Å². The van der Waals surface area contributed by atoms with E-state index in [4.69, 9.17) is 10.5 Å². The number of benzene rings is 2. The summed E-state index contributed by atoms with van der Waals surface area (Å²) in [6, 6.07) is 5.90. The number of hydrogen-bond donors (Lipinski definition) is 2. The molecular weight excluding hydrogens is 531 g/mol. The molecule has 2 bridgehead atoms. The van der Waals surface area contributed by atoms with Crippen molar-refractivity contribution in [2.75, 3.05) is 19.4 Å². The number of halogens is 3. The summed E-state index contributed by atoms with van der Waals surface area (Å²) in [5, 5.41) is 0. The van der Waals surface area contributed by atoms with Gasteiger partial charge in [-0.25, -0.2) is 34.7 Å². The minimum Gasteiger partial charge on any atom is -0.497 e. The van der Waals surface area contributed by atoms with Crippen LogP contribution in [0.1, 0.15) is 31.2 Å². The van der Waals surface area contributed by atoms with Gasteiger partial charge in [0, 0.05) is 30.7 Å². The first-order chi connectivity index (χ1) is 17.4. The Kier molecular flexibility index (Phi) is 8.19. The van der Waals surface area contributed by atoms with Crippen LogP contribution in [-0.4, -0.2) is 58.7 Å². The van der Waals surface area contributed by atoms with Gasteiger partial charge in [0.15, 0.2) is 11.6 Å². The van der Waals surface area contributed by atoms with Gasteiger partial charge in [-0.05, 0) is 73.9 Å². The normalized spacial score (nSPS) is 23.2.